The highest BCUT2D eigenvalue weighted by Crippen LogP contribution is 2.16. The van der Waals surface area contributed by atoms with Gasteiger partial charge in [-0.2, -0.15) is 0 Å². The fourth-order valence-electron chi connectivity index (χ4n) is 1.38. The normalized spacial score (nSPS) is 10.2. The summed E-state index contributed by atoms with van der Waals surface area (Å²) in [6.45, 7) is 2.48. The van der Waals surface area contributed by atoms with Crippen LogP contribution in [0.1, 0.15) is 11.5 Å². The monoisotopic (exact) mass is 234 g/mol. The van der Waals surface area contributed by atoms with Gasteiger partial charge in [0.2, 0.25) is 5.89 Å². The number of ether oxygens (including phenoxy) is 1. The zero-order chi connectivity index (χ0) is 12.1. The number of anilines is 1. The molecule has 0 fully saturated rings. The van der Waals surface area contributed by atoms with Gasteiger partial charge in [0.05, 0.1) is 13.0 Å². The summed E-state index contributed by atoms with van der Waals surface area (Å²) in [5, 5.41) is 7.47. The van der Waals surface area contributed by atoms with Gasteiger partial charge in [0, 0.05) is 0 Å². The van der Waals surface area contributed by atoms with Crippen molar-refractivity contribution in [3.05, 3.63) is 35.7 Å². The molecule has 0 amide bonds. The van der Waals surface area contributed by atoms with Crippen molar-refractivity contribution in [1.82, 2.24) is 10.2 Å². The van der Waals surface area contributed by atoms with Crippen LogP contribution in [-0.4, -0.2) is 16.8 Å². The van der Waals surface area contributed by atoms with E-state index in [0.29, 0.717) is 18.9 Å². The van der Waals surface area contributed by atoms with Gasteiger partial charge in [-0.1, -0.05) is 23.3 Å². The molecule has 17 heavy (non-hydrogen) atoms. The molecule has 6 nitrogen and oxygen atoms in total. The maximum absolute atomic E-state index is 5.60. The molecule has 0 bridgehead atoms. The van der Waals surface area contributed by atoms with Crippen molar-refractivity contribution in [2.75, 3.05) is 12.0 Å². The van der Waals surface area contributed by atoms with Crippen LogP contribution >= 0.6 is 0 Å². The van der Waals surface area contributed by atoms with Gasteiger partial charge in [-0.3, -0.25) is 5.43 Å². The second kappa shape index (κ2) is 5.31. The number of nitrogens with zero attached hydrogens (tertiary/aromatic N) is 2. The Morgan fingerprint density at radius 3 is 2.88 bits per heavy atom. The van der Waals surface area contributed by atoms with Crippen molar-refractivity contribution in [3.63, 3.8) is 0 Å². The highest BCUT2D eigenvalue weighted by molar-refractivity contribution is 5.31. The molecule has 0 unspecified atom stereocenters. The molecule has 6 heteroatoms. The third kappa shape index (κ3) is 2.94. The molecule has 0 aliphatic heterocycles. The zero-order valence-electron chi connectivity index (χ0n) is 9.51. The number of aromatic nitrogens is 2. The van der Waals surface area contributed by atoms with Crippen molar-refractivity contribution in [2.24, 2.45) is 5.84 Å². The summed E-state index contributed by atoms with van der Waals surface area (Å²) in [5.74, 6) is 6.48. The lowest BCUT2D eigenvalue weighted by Gasteiger charge is -2.06. The van der Waals surface area contributed by atoms with Crippen molar-refractivity contribution in [2.45, 2.75) is 13.3 Å². The number of nitrogens with one attached hydrogen (secondary N) is 1. The summed E-state index contributed by atoms with van der Waals surface area (Å²) in [7, 11) is 0. The maximum atomic E-state index is 5.60. The molecule has 1 aromatic carbocycles. The molecule has 2 rings (SSSR count). The van der Waals surface area contributed by atoms with Gasteiger partial charge in [-0.15, -0.1) is 5.10 Å². The quantitative estimate of drug-likeness (QED) is 0.598. The number of para-hydroxylation sites is 1. The van der Waals surface area contributed by atoms with E-state index >= 15 is 0 Å². The smallest absolute Gasteiger partial charge is 0.330 e. The van der Waals surface area contributed by atoms with Crippen molar-refractivity contribution >= 4 is 6.01 Å². The number of rotatable bonds is 5. The first-order chi connectivity index (χ1) is 8.29. The first-order valence-corrected chi connectivity index (χ1v) is 5.27. The van der Waals surface area contributed by atoms with Crippen molar-refractivity contribution in [3.8, 4) is 5.75 Å². The summed E-state index contributed by atoms with van der Waals surface area (Å²) in [4.78, 5) is 0. The zero-order valence-corrected chi connectivity index (χ0v) is 9.51. The molecule has 0 spiro atoms. The lowest BCUT2D eigenvalue weighted by atomic mass is 10.2. The SMILES string of the molecule is Cc1ccccc1OCCc1nnc(NN)o1. The first-order valence-electron chi connectivity index (χ1n) is 5.27. The number of hydrazine groups is 1. The van der Waals surface area contributed by atoms with Crippen LogP contribution in [-0.2, 0) is 6.42 Å². The number of hydrogen-bond donors (Lipinski definition) is 2. The van der Waals surface area contributed by atoms with E-state index in [-0.39, 0.29) is 6.01 Å². The van der Waals surface area contributed by atoms with Crippen LogP contribution in [0.5, 0.6) is 5.75 Å². The molecule has 1 aromatic heterocycles. The first kappa shape index (κ1) is 11.4. The molecule has 0 saturated heterocycles. The highest BCUT2D eigenvalue weighted by Gasteiger charge is 2.05. The molecule has 3 N–H and O–H groups in total. The number of aryl methyl sites for hydroxylation is 1. The van der Waals surface area contributed by atoms with E-state index < -0.39 is 0 Å². The van der Waals surface area contributed by atoms with Crippen LogP contribution in [0.3, 0.4) is 0 Å². The Bertz CT molecular complexity index is 484. The van der Waals surface area contributed by atoms with Crippen LogP contribution in [0.4, 0.5) is 6.01 Å². The molecular formula is C11H14N4O2. The fourth-order valence-corrected chi connectivity index (χ4v) is 1.38. The molecule has 0 aliphatic carbocycles. The van der Waals surface area contributed by atoms with Gasteiger partial charge in [-0.05, 0) is 18.6 Å². The molecule has 0 aliphatic rings. The molecule has 0 atom stereocenters. The van der Waals surface area contributed by atoms with E-state index in [2.05, 4.69) is 15.6 Å². The summed E-state index contributed by atoms with van der Waals surface area (Å²) in [5.41, 5.74) is 3.38. The predicted molar refractivity (Wildman–Crippen MR) is 62.5 cm³/mol. The lowest BCUT2D eigenvalue weighted by molar-refractivity contribution is 0.305. The van der Waals surface area contributed by atoms with Crippen LogP contribution in [0.2, 0.25) is 0 Å². The number of nitrogen functional groups attached to an aromatic ring is 1. The topological polar surface area (TPSA) is 86.2 Å². The minimum atomic E-state index is 0.205. The largest absolute Gasteiger partial charge is 0.493 e. The molecule has 1 heterocycles. The molecule has 0 radical (unpaired) electrons. The minimum Gasteiger partial charge on any atom is -0.493 e. The predicted octanol–water partition coefficient (Wildman–Crippen LogP) is 1.29. The Labute approximate surface area is 98.8 Å². The molecular weight excluding hydrogens is 220 g/mol. The Balaban J connectivity index is 1.85. The summed E-state index contributed by atoms with van der Waals surface area (Å²) in [6, 6.07) is 8.04. The summed E-state index contributed by atoms with van der Waals surface area (Å²) >= 11 is 0. The molecule has 0 saturated carbocycles. The number of benzene rings is 1. The average Bonchev–Trinajstić information content (AvgIpc) is 2.80. The minimum absolute atomic E-state index is 0.205. The van der Waals surface area contributed by atoms with Crippen molar-refractivity contribution < 1.29 is 9.15 Å². The van der Waals surface area contributed by atoms with Crippen LogP contribution in [0.25, 0.3) is 0 Å². The fraction of sp³-hybridized carbons (Fsp3) is 0.273. The Morgan fingerprint density at radius 1 is 1.35 bits per heavy atom. The van der Waals surface area contributed by atoms with Gasteiger partial charge >= 0.3 is 6.01 Å². The Kier molecular flexibility index (Phi) is 3.56. The Hall–Kier alpha value is -2.08. The standard InChI is InChI=1S/C11H14N4O2/c1-8-4-2-3-5-9(8)16-7-6-10-14-15-11(13-12)17-10/h2-5H,6-7,12H2,1H3,(H,13,15). The maximum Gasteiger partial charge on any atom is 0.330 e. The second-order valence-electron chi connectivity index (χ2n) is 3.51. The van der Waals surface area contributed by atoms with Gasteiger partial charge in [0.15, 0.2) is 0 Å². The molecule has 90 valence electrons. The van der Waals surface area contributed by atoms with E-state index in [1.165, 1.54) is 0 Å². The van der Waals surface area contributed by atoms with E-state index in [1.807, 2.05) is 31.2 Å². The highest BCUT2D eigenvalue weighted by atomic mass is 16.5. The van der Waals surface area contributed by atoms with Gasteiger partial charge < -0.3 is 9.15 Å². The van der Waals surface area contributed by atoms with E-state index in [9.17, 15) is 0 Å². The van der Waals surface area contributed by atoms with E-state index in [4.69, 9.17) is 15.0 Å². The third-order valence-electron chi connectivity index (χ3n) is 2.26. The van der Waals surface area contributed by atoms with Gasteiger partial charge in [0.1, 0.15) is 5.75 Å². The average molecular weight is 234 g/mol. The van der Waals surface area contributed by atoms with Crippen molar-refractivity contribution in [1.29, 1.82) is 0 Å². The van der Waals surface area contributed by atoms with E-state index in [0.717, 1.165) is 11.3 Å². The summed E-state index contributed by atoms with van der Waals surface area (Å²) in [6.07, 6.45) is 0.545. The summed E-state index contributed by atoms with van der Waals surface area (Å²) < 4.78 is 10.8. The third-order valence-corrected chi connectivity index (χ3v) is 2.26. The second-order valence-corrected chi connectivity index (χ2v) is 3.51. The van der Waals surface area contributed by atoms with Crippen LogP contribution < -0.4 is 16.0 Å². The van der Waals surface area contributed by atoms with Gasteiger partial charge in [0.25, 0.3) is 0 Å². The Morgan fingerprint density at radius 2 is 2.18 bits per heavy atom. The molecule has 2 aromatic rings. The van der Waals surface area contributed by atoms with Crippen LogP contribution in [0.15, 0.2) is 28.7 Å². The van der Waals surface area contributed by atoms with Gasteiger partial charge in [-0.25, -0.2) is 5.84 Å². The van der Waals surface area contributed by atoms with Crippen LogP contribution in [0, 0.1) is 6.92 Å². The number of nitrogens with two attached hydrogens (primary N) is 1. The number of hydrogen-bond acceptors (Lipinski definition) is 6. The lowest BCUT2D eigenvalue weighted by Crippen LogP contribution is -2.06. The van der Waals surface area contributed by atoms with E-state index in [1.54, 1.807) is 0 Å².